The largest absolute Gasteiger partial charge is 0.476 e. The molecule has 7 heteroatoms. The van der Waals surface area contributed by atoms with Gasteiger partial charge in [0.25, 0.3) is 0 Å². The average molecular weight is 309 g/mol. The normalized spacial score (nSPS) is 11.2. The second kappa shape index (κ2) is 5.88. The minimum atomic E-state index is -1.13. The summed E-state index contributed by atoms with van der Waals surface area (Å²) in [5, 5.41) is 17.5. The Kier molecular flexibility index (Phi) is 3.76. The predicted octanol–water partition coefficient (Wildman–Crippen LogP) is 3.51. The molecule has 0 aliphatic heterocycles. The summed E-state index contributed by atoms with van der Waals surface area (Å²) in [7, 11) is 3.90. The van der Waals surface area contributed by atoms with Gasteiger partial charge in [0, 0.05) is 26.0 Å². The van der Waals surface area contributed by atoms with Crippen molar-refractivity contribution in [3.63, 3.8) is 0 Å². The zero-order valence-corrected chi connectivity index (χ0v) is 12.7. The molecule has 1 aromatic carbocycles. The Balaban J connectivity index is 2.00. The van der Waals surface area contributed by atoms with Gasteiger partial charge in [-0.15, -0.1) is 10.2 Å². The number of carbonyl (C=O) groups is 1. The van der Waals surface area contributed by atoms with Crippen LogP contribution in [0.15, 0.2) is 58.9 Å². The lowest BCUT2D eigenvalue weighted by atomic mass is 10.3. The van der Waals surface area contributed by atoms with Gasteiger partial charge < -0.3 is 10.0 Å². The van der Waals surface area contributed by atoms with Gasteiger partial charge in [0.15, 0.2) is 11.5 Å². The molecule has 0 radical (unpaired) electrons. The Morgan fingerprint density at radius 3 is 2.52 bits per heavy atom. The number of fused-ring (bicyclic) bond motifs is 1. The molecule has 116 valence electrons. The van der Waals surface area contributed by atoms with Crippen molar-refractivity contribution in [2.45, 2.75) is 0 Å². The topological polar surface area (TPSA) is 82.6 Å². The first-order chi connectivity index (χ1) is 11.1. The summed E-state index contributed by atoms with van der Waals surface area (Å²) >= 11 is 0. The van der Waals surface area contributed by atoms with E-state index in [2.05, 4.69) is 15.2 Å². The second-order valence-electron chi connectivity index (χ2n) is 5.13. The van der Waals surface area contributed by atoms with Crippen molar-refractivity contribution in [3.05, 3.63) is 54.4 Å². The molecule has 0 aliphatic rings. The number of imidazole rings is 1. The van der Waals surface area contributed by atoms with Gasteiger partial charge in [-0.1, -0.05) is 6.07 Å². The van der Waals surface area contributed by atoms with E-state index in [1.54, 1.807) is 28.8 Å². The molecule has 0 amide bonds. The van der Waals surface area contributed by atoms with E-state index in [4.69, 9.17) is 0 Å². The van der Waals surface area contributed by atoms with Crippen LogP contribution < -0.4 is 4.90 Å². The van der Waals surface area contributed by atoms with E-state index in [9.17, 15) is 9.90 Å². The number of pyridine rings is 1. The first kappa shape index (κ1) is 14.7. The van der Waals surface area contributed by atoms with Gasteiger partial charge in [-0.3, -0.25) is 4.40 Å². The molecule has 0 unspecified atom stereocenters. The number of aromatic carboxylic acids is 1. The lowest BCUT2D eigenvalue weighted by Gasteiger charge is -2.11. The predicted molar refractivity (Wildman–Crippen MR) is 87.1 cm³/mol. The van der Waals surface area contributed by atoms with Crippen LogP contribution in [0.25, 0.3) is 5.65 Å². The number of carboxylic acids is 1. The molecule has 0 atom stereocenters. The number of aromatic nitrogens is 2. The highest BCUT2D eigenvalue weighted by Crippen LogP contribution is 2.25. The average Bonchev–Trinajstić information content (AvgIpc) is 2.92. The quantitative estimate of drug-likeness (QED) is 0.747. The molecule has 2 heterocycles. The summed E-state index contributed by atoms with van der Waals surface area (Å²) in [6, 6.07) is 12.8. The van der Waals surface area contributed by atoms with E-state index in [-0.39, 0.29) is 11.5 Å². The molecule has 0 bridgehead atoms. The molecule has 0 aliphatic carbocycles. The number of carboxylic acid groups (broad SMARTS) is 1. The maximum absolute atomic E-state index is 11.3. The lowest BCUT2D eigenvalue weighted by molar-refractivity contribution is 0.0692. The van der Waals surface area contributed by atoms with Crippen molar-refractivity contribution in [1.29, 1.82) is 0 Å². The number of anilines is 1. The highest BCUT2D eigenvalue weighted by molar-refractivity contribution is 5.91. The number of nitrogens with zero attached hydrogens (tertiary/aromatic N) is 5. The fourth-order valence-electron chi connectivity index (χ4n) is 2.14. The van der Waals surface area contributed by atoms with Crippen molar-refractivity contribution >= 4 is 28.8 Å². The summed E-state index contributed by atoms with van der Waals surface area (Å²) in [6.45, 7) is 0. The van der Waals surface area contributed by atoms with Gasteiger partial charge in [0.1, 0.15) is 5.65 Å². The first-order valence-electron chi connectivity index (χ1n) is 6.96. The minimum Gasteiger partial charge on any atom is -0.476 e. The summed E-state index contributed by atoms with van der Waals surface area (Å²) in [5.41, 5.74) is 2.08. The molecule has 7 nitrogen and oxygen atoms in total. The van der Waals surface area contributed by atoms with Crippen molar-refractivity contribution in [3.8, 4) is 0 Å². The fraction of sp³-hybridized carbons (Fsp3) is 0.125. The first-order valence-corrected chi connectivity index (χ1v) is 6.96. The molecule has 0 saturated heterocycles. The van der Waals surface area contributed by atoms with Crippen molar-refractivity contribution in [1.82, 2.24) is 9.38 Å². The van der Waals surface area contributed by atoms with E-state index in [1.807, 2.05) is 43.3 Å². The molecule has 3 rings (SSSR count). The molecule has 1 N–H and O–H groups in total. The Labute approximate surface area is 132 Å². The lowest BCUT2D eigenvalue weighted by Crippen LogP contribution is -2.07. The summed E-state index contributed by atoms with van der Waals surface area (Å²) in [6.07, 6.45) is 1.71. The maximum Gasteiger partial charge on any atom is 0.358 e. The molecule has 0 fully saturated rings. The number of hydrogen-bond acceptors (Lipinski definition) is 5. The monoisotopic (exact) mass is 309 g/mol. The minimum absolute atomic E-state index is 0.120. The Hall–Kier alpha value is -3.22. The molecular weight excluding hydrogens is 294 g/mol. The third-order valence-electron chi connectivity index (χ3n) is 3.33. The zero-order chi connectivity index (χ0) is 16.4. The van der Waals surface area contributed by atoms with Crippen LogP contribution in [0.5, 0.6) is 0 Å². The van der Waals surface area contributed by atoms with Gasteiger partial charge in [-0.2, -0.15) is 0 Å². The third-order valence-corrected chi connectivity index (χ3v) is 3.33. The summed E-state index contributed by atoms with van der Waals surface area (Å²) in [4.78, 5) is 17.4. The summed E-state index contributed by atoms with van der Waals surface area (Å²) < 4.78 is 1.60. The number of hydrogen-bond donors (Lipinski definition) is 1. The van der Waals surface area contributed by atoms with Crippen LogP contribution >= 0.6 is 0 Å². The molecule has 23 heavy (non-hydrogen) atoms. The van der Waals surface area contributed by atoms with Crippen LogP contribution in [0, 0.1) is 0 Å². The summed E-state index contributed by atoms with van der Waals surface area (Å²) in [5.74, 6) is -0.935. The number of benzene rings is 1. The van der Waals surface area contributed by atoms with Crippen LogP contribution in [0.2, 0.25) is 0 Å². The van der Waals surface area contributed by atoms with Crippen LogP contribution in [0.3, 0.4) is 0 Å². The Bertz CT molecular complexity index is 881. The van der Waals surface area contributed by atoms with Crippen molar-refractivity contribution in [2.24, 2.45) is 10.2 Å². The Morgan fingerprint density at radius 1 is 1.13 bits per heavy atom. The number of rotatable bonds is 4. The van der Waals surface area contributed by atoms with E-state index < -0.39 is 5.97 Å². The van der Waals surface area contributed by atoms with Crippen LogP contribution in [0.1, 0.15) is 10.5 Å². The Morgan fingerprint density at radius 2 is 1.87 bits per heavy atom. The third kappa shape index (κ3) is 2.89. The van der Waals surface area contributed by atoms with Gasteiger partial charge in [0.2, 0.25) is 0 Å². The molecular formula is C16H15N5O2. The van der Waals surface area contributed by atoms with E-state index in [1.165, 1.54) is 0 Å². The maximum atomic E-state index is 11.3. The molecule has 0 spiro atoms. The van der Waals surface area contributed by atoms with E-state index in [0.717, 1.165) is 5.69 Å². The zero-order valence-electron chi connectivity index (χ0n) is 12.7. The highest BCUT2D eigenvalue weighted by Gasteiger charge is 2.17. The molecule has 2 aromatic heterocycles. The fourth-order valence-corrected chi connectivity index (χ4v) is 2.14. The number of azo groups is 1. The van der Waals surface area contributed by atoms with E-state index in [0.29, 0.717) is 11.3 Å². The van der Waals surface area contributed by atoms with Gasteiger partial charge in [-0.25, -0.2) is 9.78 Å². The van der Waals surface area contributed by atoms with E-state index >= 15 is 0 Å². The van der Waals surface area contributed by atoms with Crippen molar-refractivity contribution in [2.75, 3.05) is 19.0 Å². The van der Waals surface area contributed by atoms with Crippen LogP contribution in [-0.2, 0) is 0 Å². The van der Waals surface area contributed by atoms with Crippen LogP contribution in [0.4, 0.5) is 17.2 Å². The highest BCUT2D eigenvalue weighted by atomic mass is 16.4. The standard InChI is InChI=1S/C16H15N5O2/c1-20(2)12-8-6-11(7-9-12)18-19-15-14(16(22)23)17-13-5-3-4-10-21(13)15/h3-10H,1-2H3,(H,22,23). The van der Waals surface area contributed by atoms with Crippen LogP contribution in [-0.4, -0.2) is 34.6 Å². The smallest absolute Gasteiger partial charge is 0.358 e. The molecule has 0 saturated carbocycles. The SMILES string of the molecule is CN(C)c1ccc(N=Nc2c(C(=O)O)nc3ccccn23)cc1. The second-order valence-corrected chi connectivity index (χ2v) is 5.13. The van der Waals surface area contributed by atoms with Gasteiger partial charge in [0.05, 0.1) is 5.69 Å². The van der Waals surface area contributed by atoms with Gasteiger partial charge in [-0.05, 0) is 36.4 Å². The van der Waals surface area contributed by atoms with Crippen molar-refractivity contribution < 1.29 is 9.90 Å². The van der Waals surface area contributed by atoms with Gasteiger partial charge >= 0.3 is 5.97 Å². The molecule has 3 aromatic rings.